The zero-order valence-corrected chi connectivity index (χ0v) is 27.2. The van der Waals surface area contributed by atoms with Gasteiger partial charge in [-0.25, -0.2) is 0 Å². The predicted octanol–water partition coefficient (Wildman–Crippen LogP) is 7.52. The fourth-order valence-corrected chi connectivity index (χ4v) is 7.67. The van der Waals surface area contributed by atoms with Crippen molar-refractivity contribution in [2.45, 2.75) is 70.1 Å². The molecule has 4 heterocycles. The average Bonchev–Trinajstić information content (AvgIpc) is 3.78. The number of rotatable bonds is 10. The lowest BCUT2D eigenvalue weighted by Crippen LogP contribution is -2.36. The quantitative estimate of drug-likeness (QED) is 0.118. The molecule has 2 atom stereocenters. The molecule has 4 aromatic rings. The number of para-hydroxylation sites is 1. The second kappa shape index (κ2) is 12.6. The highest BCUT2D eigenvalue weighted by Crippen LogP contribution is 2.36. The molecule has 0 saturated heterocycles. The molecule has 6 nitrogen and oxygen atoms in total. The summed E-state index contributed by atoms with van der Waals surface area (Å²) in [5, 5.41) is 1.25. The van der Waals surface area contributed by atoms with Gasteiger partial charge in [0.25, 0.3) is 5.92 Å². The number of carbonyl (C=O) groups excluding carboxylic acids is 1. The summed E-state index contributed by atoms with van der Waals surface area (Å²) in [5.41, 5.74) is 13.6. The highest BCUT2D eigenvalue weighted by molar-refractivity contribution is 5.81. The van der Waals surface area contributed by atoms with Crippen LogP contribution in [-0.4, -0.2) is 42.4 Å². The molecule has 3 aliphatic rings. The molecule has 0 spiro atoms. The standard InChI is InChI=1S/C39H41F2N5O/c1-4-39(40,41)31-20-30-24-45(18-17-35(30)42-23-31)38(47)16-14-27-13-15-32(19-27)46(25-33-21-28-9-5-7-11-36(28)43(33)2)26-34-22-29-10-6-8-12-37(29)44(34)3/h4-5,7,9-12,20-23,27,32H,1,13-19,24-26H2,2-3H3. The van der Waals surface area contributed by atoms with E-state index in [1.165, 1.54) is 40.1 Å². The number of pyridine rings is 1. The van der Waals surface area contributed by atoms with Crippen molar-refractivity contribution in [3.05, 3.63) is 112 Å². The van der Waals surface area contributed by atoms with Gasteiger partial charge < -0.3 is 14.0 Å². The Kier molecular flexibility index (Phi) is 8.36. The highest BCUT2D eigenvalue weighted by atomic mass is 19.3. The first-order chi connectivity index (χ1) is 22.7. The number of allylic oxidation sites excluding steroid dienone is 1. The molecule has 0 bridgehead atoms. The first-order valence-electron chi connectivity index (χ1n) is 16.6. The van der Waals surface area contributed by atoms with E-state index in [-0.39, 0.29) is 11.5 Å². The molecule has 0 radical (unpaired) electrons. The summed E-state index contributed by atoms with van der Waals surface area (Å²) < 4.78 is 33.0. The van der Waals surface area contributed by atoms with Crippen molar-refractivity contribution in [2.75, 3.05) is 6.54 Å². The molecule has 1 aromatic carbocycles. The van der Waals surface area contributed by atoms with Crippen molar-refractivity contribution in [3.63, 3.8) is 0 Å². The number of benzene rings is 1. The molecule has 8 heteroatoms. The fraction of sp³-hybridized carbons (Fsp3) is 0.385. The smallest absolute Gasteiger partial charge is 0.292 e. The van der Waals surface area contributed by atoms with E-state index in [0.29, 0.717) is 49.5 Å². The third-order valence-electron chi connectivity index (χ3n) is 10.5. The van der Waals surface area contributed by atoms with Gasteiger partial charge in [-0.2, -0.15) is 8.78 Å². The molecule has 242 valence electrons. The molecule has 1 saturated carbocycles. The maximum absolute atomic E-state index is 14.2. The van der Waals surface area contributed by atoms with E-state index in [1.807, 2.05) is 17.1 Å². The van der Waals surface area contributed by atoms with Crippen molar-refractivity contribution >= 4 is 29.0 Å². The van der Waals surface area contributed by atoms with Gasteiger partial charge in [-0.15, -0.1) is 0 Å². The molecule has 2 aliphatic carbocycles. The lowest BCUT2D eigenvalue weighted by molar-refractivity contribution is -0.132. The van der Waals surface area contributed by atoms with Gasteiger partial charge in [0.05, 0.1) is 5.69 Å². The second-order valence-electron chi connectivity index (χ2n) is 13.4. The zero-order valence-electron chi connectivity index (χ0n) is 27.2. The number of hydrogen-bond acceptors (Lipinski definition) is 3. The van der Waals surface area contributed by atoms with Gasteiger partial charge in [0.2, 0.25) is 5.91 Å². The molecule has 47 heavy (non-hydrogen) atoms. The number of nitrogens with zero attached hydrogens (tertiary/aromatic N) is 5. The van der Waals surface area contributed by atoms with E-state index < -0.39 is 5.92 Å². The minimum absolute atomic E-state index is 0.0939. The molecule has 7 rings (SSSR count). The van der Waals surface area contributed by atoms with Gasteiger partial charge in [0.1, 0.15) is 0 Å². The van der Waals surface area contributed by atoms with E-state index in [9.17, 15) is 13.6 Å². The number of amides is 1. The molecular formula is C39H41F2N5O. The lowest BCUT2D eigenvalue weighted by atomic mass is 9.98. The van der Waals surface area contributed by atoms with E-state index in [0.717, 1.165) is 50.2 Å². The Morgan fingerprint density at radius 1 is 1.09 bits per heavy atom. The molecule has 2 unspecified atom stereocenters. The van der Waals surface area contributed by atoms with Crippen LogP contribution in [0.15, 0.2) is 72.8 Å². The van der Waals surface area contributed by atoms with Gasteiger partial charge in [-0.05, 0) is 79.0 Å². The predicted molar refractivity (Wildman–Crippen MR) is 181 cm³/mol. The van der Waals surface area contributed by atoms with Gasteiger partial charge in [0.15, 0.2) is 0 Å². The number of fused-ring (bicyclic) bond motifs is 3. The Morgan fingerprint density at radius 2 is 1.87 bits per heavy atom. The first kappa shape index (κ1) is 31.1. The van der Waals surface area contributed by atoms with Gasteiger partial charge in [-0.1, -0.05) is 36.2 Å². The highest BCUT2D eigenvalue weighted by Gasteiger charge is 2.33. The molecule has 1 amide bonds. The van der Waals surface area contributed by atoms with Crippen LogP contribution in [0.2, 0.25) is 0 Å². The van der Waals surface area contributed by atoms with Crippen molar-refractivity contribution in [3.8, 4) is 0 Å². The minimum atomic E-state index is -3.14. The number of aryl methyl sites for hydroxylation is 1. The summed E-state index contributed by atoms with van der Waals surface area (Å²) in [4.78, 5) is 22.1. The minimum Gasteiger partial charge on any atom is -0.346 e. The third-order valence-corrected chi connectivity index (χ3v) is 10.5. The van der Waals surface area contributed by atoms with Crippen LogP contribution in [0.3, 0.4) is 0 Å². The van der Waals surface area contributed by atoms with Crippen LogP contribution >= 0.6 is 0 Å². The Labute approximate surface area is 275 Å². The summed E-state index contributed by atoms with van der Waals surface area (Å²) in [6.07, 6.45) is 11.0. The van der Waals surface area contributed by atoms with Crippen molar-refractivity contribution in [1.29, 1.82) is 0 Å². The summed E-state index contributed by atoms with van der Waals surface area (Å²) in [7, 11) is 4.28. The van der Waals surface area contributed by atoms with E-state index in [2.05, 4.69) is 87.6 Å². The third kappa shape index (κ3) is 6.17. The molecule has 0 N–H and O–H groups in total. The average molecular weight is 634 g/mol. The Hall–Kier alpha value is -4.48. The molecule has 1 fully saturated rings. The summed E-state index contributed by atoms with van der Waals surface area (Å²) in [6.45, 7) is 5.83. The van der Waals surface area contributed by atoms with Crippen LogP contribution in [0.5, 0.6) is 0 Å². The van der Waals surface area contributed by atoms with Crippen LogP contribution in [0.1, 0.15) is 71.6 Å². The first-order valence-corrected chi connectivity index (χ1v) is 16.6. The fourth-order valence-electron chi connectivity index (χ4n) is 7.67. The number of halogens is 2. The van der Waals surface area contributed by atoms with E-state index in [1.54, 1.807) is 0 Å². The number of hydrogen-bond donors (Lipinski definition) is 0. The molecule has 1 aliphatic heterocycles. The van der Waals surface area contributed by atoms with Crippen LogP contribution in [0, 0.1) is 5.92 Å². The summed E-state index contributed by atoms with van der Waals surface area (Å²) in [5.74, 6) is -2.58. The maximum Gasteiger partial charge on any atom is 0.292 e. The van der Waals surface area contributed by atoms with Crippen LogP contribution in [0.4, 0.5) is 8.78 Å². The Balaban J connectivity index is 1.03. The van der Waals surface area contributed by atoms with Gasteiger partial charge in [0, 0.05) is 105 Å². The largest absolute Gasteiger partial charge is 0.346 e. The number of aromatic nitrogens is 3. The summed E-state index contributed by atoms with van der Waals surface area (Å²) >= 11 is 0. The Bertz CT molecular complexity index is 1950. The Morgan fingerprint density at radius 3 is 2.66 bits per heavy atom. The van der Waals surface area contributed by atoms with Crippen LogP contribution in [0.25, 0.3) is 23.1 Å². The normalized spacial score (nSPS) is 18.7. The molecule has 3 aromatic heterocycles. The maximum atomic E-state index is 14.2. The van der Waals surface area contributed by atoms with E-state index in [4.69, 9.17) is 0 Å². The number of carbonyl (C=O) groups is 1. The summed E-state index contributed by atoms with van der Waals surface area (Å²) in [6, 6.07) is 15.0. The zero-order chi connectivity index (χ0) is 32.7. The van der Waals surface area contributed by atoms with Crippen LogP contribution < -0.4 is 0 Å². The van der Waals surface area contributed by atoms with E-state index >= 15 is 0 Å². The SMILES string of the molecule is C=CC(F)(F)c1cnc2c(c1)CN(C(=O)CCC1CCC(N(Cc3cc4c(n3C)C=C=C=C4)Cc3cc4ccccc4n3C)C1)CC2. The lowest BCUT2D eigenvalue weighted by Gasteiger charge is -2.30. The van der Waals surface area contributed by atoms with Crippen molar-refractivity contribution < 1.29 is 13.6 Å². The topological polar surface area (TPSA) is 46.3 Å². The number of alkyl halides is 2. The van der Waals surface area contributed by atoms with Crippen molar-refractivity contribution in [1.82, 2.24) is 23.9 Å². The molecular weight excluding hydrogens is 592 g/mol. The van der Waals surface area contributed by atoms with Crippen molar-refractivity contribution in [2.24, 2.45) is 20.0 Å². The van der Waals surface area contributed by atoms with Crippen LogP contribution in [-0.2, 0) is 50.9 Å². The van der Waals surface area contributed by atoms with Gasteiger partial charge >= 0.3 is 0 Å². The monoisotopic (exact) mass is 633 g/mol. The second-order valence-corrected chi connectivity index (χ2v) is 13.4. The van der Waals surface area contributed by atoms with Gasteiger partial charge in [-0.3, -0.25) is 14.7 Å².